The number of aromatic hydroxyl groups is 1. The van der Waals surface area contributed by atoms with Crippen molar-refractivity contribution in [2.24, 2.45) is 0 Å². The number of hydrogen-bond donors (Lipinski definition) is 1. The van der Waals surface area contributed by atoms with Gasteiger partial charge < -0.3 is 14.3 Å². The number of aryl methyl sites for hydroxylation is 2. The zero-order valence-corrected chi connectivity index (χ0v) is 34.8. The van der Waals surface area contributed by atoms with Crippen LogP contribution in [0.3, 0.4) is 0 Å². The zero-order valence-electron chi connectivity index (χ0n) is 34.8. The van der Waals surface area contributed by atoms with Crippen LogP contribution in [0.4, 0.5) is 0 Å². The van der Waals surface area contributed by atoms with E-state index in [0.717, 1.165) is 104 Å². The average molecular weight is 753 g/mol. The molecule has 0 amide bonds. The summed E-state index contributed by atoms with van der Waals surface area (Å²) in [6.07, 6.45) is 31.0. The molecule has 2 aliphatic rings. The Hall–Kier alpha value is -3.60. The van der Waals surface area contributed by atoms with Crippen molar-refractivity contribution in [1.82, 2.24) is 0 Å². The lowest BCUT2D eigenvalue weighted by atomic mass is 9.88. The van der Waals surface area contributed by atoms with Crippen molar-refractivity contribution in [3.05, 3.63) is 75.4 Å². The molecule has 0 bridgehead atoms. The molecule has 0 saturated heterocycles. The van der Waals surface area contributed by atoms with Crippen molar-refractivity contribution >= 4 is 16.9 Å². The third-order valence-corrected chi connectivity index (χ3v) is 11.3. The molecule has 55 heavy (non-hydrogen) atoms. The van der Waals surface area contributed by atoms with Gasteiger partial charge in [-0.1, -0.05) is 174 Å². The van der Waals surface area contributed by atoms with Crippen molar-refractivity contribution in [1.29, 1.82) is 0 Å². The predicted molar refractivity (Wildman–Crippen MR) is 232 cm³/mol. The fourth-order valence-electron chi connectivity index (χ4n) is 7.99. The molecule has 2 aromatic carbocycles. The topological polar surface area (TPSA) is 76.7 Å². The van der Waals surface area contributed by atoms with Gasteiger partial charge in [-0.15, -0.1) is 0 Å². The van der Waals surface area contributed by atoms with Gasteiger partial charge in [-0.25, -0.2) is 4.79 Å². The molecular weight excluding hydrogens is 681 g/mol. The van der Waals surface area contributed by atoms with E-state index in [2.05, 4.69) is 20.8 Å². The molecule has 1 N–H and O–H groups in total. The minimum atomic E-state index is -0.336. The van der Waals surface area contributed by atoms with Gasteiger partial charge in [0.1, 0.15) is 17.1 Å². The lowest BCUT2D eigenvalue weighted by molar-refractivity contribution is 0.0498. The quantitative estimate of drug-likeness (QED) is 0.0339. The molecule has 0 atom stereocenters. The third-order valence-electron chi connectivity index (χ3n) is 11.3. The van der Waals surface area contributed by atoms with Gasteiger partial charge >= 0.3 is 5.97 Å². The second-order valence-corrected chi connectivity index (χ2v) is 16.0. The Kier molecular flexibility index (Phi) is 20.5. The Morgan fingerprint density at radius 2 is 1.09 bits per heavy atom. The maximum absolute atomic E-state index is 13.8. The van der Waals surface area contributed by atoms with E-state index in [-0.39, 0.29) is 17.1 Å². The maximum Gasteiger partial charge on any atom is 0.338 e. The molecule has 0 fully saturated rings. The number of phenolic OH excluding ortho intramolecular Hbond substituents is 1. The van der Waals surface area contributed by atoms with Crippen molar-refractivity contribution in [2.75, 3.05) is 6.61 Å². The van der Waals surface area contributed by atoms with E-state index < -0.39 is 0 Å². The van der Waals surface area contributed by atoms with E-state index in [1.807, 2.05) is 36.4 Å². The summed E-state index contributed by atoms with van der Waals surface area (Å²) in [7, 11) is 0. The van der Waals surface area contributed by atoms with E-state index in [1.165, 1.54) is 89.9 Å². The Morgan fingerprint density at radius 1 is 0.582 bits per heavy atom. The van der Waals surface area contributed by atoms with Crippen LogP contribution in [0.15, 0.2) is 57.7 Å². The fraction of sp³-hybridized carbons (Fsp3) is 0.600. The molecule has 1 aliphatic heterocycles. The number of rotatable bonds is 29. The number of phenols is 1. The molecule has 2 aromatic rings. The largest absolute Gasteiger partial charge is 0.508 e. The van der Waals surface area contributed by atoms with Gasteiger partial charge in [0.05, 0.1) is 12.2 Å². The van der Waals surface area contributed by atoms with Gasteiger partial charge in [0, 0.05) is 34.2 Å². The monoisotopic (exact) mass is 753 g/mol. The molecule has 0 spiro atoms. The summed E-state index contributed by atoms with van der Waals surface area (Å²) >= 11 is 0. The number of benzene rings is 3. The lowest BCUT2D eigenvalue weighted by Gasteiger charge is -2.19. The number of esters is 1. The first kappa shape index (κ1) is 44.1. The summed E-state index contributed by atoms with van der Waals surface area (Å²) in [6, 6.07) is 14.9. The van der Waals surface area contributed by atoms with Crippen LogP contribution < -0.4 is 5.43 Å². The molecule has 1 heterocycles. The fourth-order valence-corrected chi connectivity index (χ4v) is 7.99. The zero-order chi connectivity index (χ0) is 39.1. The van der Waals surface area contributed by atoms with Crippen LogP contribution in [0, 0.1) is 0 Å². The number of hydrogen-bond acceptors (Lipinski definition) is 5. The first-order valence-electron chi connectivity index (χ1n) is 22.5. The Labute approximate surface area is 333 Å². The van der Waals surface area contributed by atoms with Crippen molar-refractivity contribution in [3.8, 4) is 28.2 Å². The van der Waals surface area contributed by atoms with Gasteiger partial charge in [-0.2, -0.15) is 0 Å². The van der Waals surface area contributed by atoms with E-state index in [0.29, 0.717) is 29.9 Å². The Bertz CT molecular complexity index is 1720. The standard InChI is InChI=1S/C50H72O5/c1-4-7-10-13-14-15-16-17-18-19-20-21-22-23-24-29-34-54-50(53)42-33-28-27-32-41(42)49-43-35-39(30-25-11-8-5-2)45(51)37-47(43)55-48-38-46(52)40(36-44(48)49)31-26-12-9-6-3/h27-28,32-33,35-38,51H,4-26,29-31,34H2,1-3H3. The van der Waals surface area contributed by atoms with Crippen LogP contribution >= 0.6 is 0 Å². The first-order chi connectivity index (χ1) is 27.0. The Morgan fingerprint density at radius 3 is 1.67 bits per heavy atom. The van der Waals surface area contributed by atoms with Crippen LogP contribution in [0.1, 0.15) is 196 Å². The van der Waals surface area contributed by atoms with Crippen LogP contribution in [-0.4, -0.2) is 17.7 Å². The summed E-state index contributed by atoms with van der Waals surface area (Å²) < 4.78 is 12.3. The smallest absolute Gasteiger partial charge is 0.338 e. The van der Waals surface area contributed by atoms with Crippen LogP contribution in [0.2, 0.25) is 0 Å². The van der Waals surface area contributed by atoms with Gasteiger partial charge in [0.15, 0.2) is 5.43 Å². The highest BCUT2D eigenvalue weighted by atomic mass is 16.5. The second kappa shape index (κ2) is 25.5. The molecule has 0 aromatic heterocycles. The third kappa shape index (κ3) is 14.4. The molecule has 0 unspecified atom stereocenters. The molecule has 5 nitrogen and oxygen atoms in total. The van der Waals surface area contributed by atoms with E-state index in [9.17, 15) is 14.7 Å². The Balaban J connectivity index is 1.42. The van der Waals surface area contributed by atoms with Crippen LogP contribution in [0.25, 0.3) is 33.4 Å². The molecule has 1 aliphatic carbocycles. The number of carbonyl (C=O) groups excluding carboxylic acids is 1. The SMILES string of the molecule is CCCCCCCCCCCCCCCCCCOC(=O)c1ccccc1-c1c2cc(CCCCCC)c(=O)cc-2oc2cc(O)c(CCCCCC)cc12. The first-order valence-corrected chi connectivity index (χ1v) is 22.5. The molecule has 0 saturated carbocycles. The van der Waals surface area contributed by atoms with E-state index >= 15 is 0 Å². The highest BCUT2D eigenvalue weighted by Gasteiger charge is 2.24. The van der Waals surface area contributed by atoms with Crippen LogP contribution in [0.5, 0.6) is 5.75 Å². The molecule has 4 rings (SSSR count). The van der Waals surface area contributed by atoms with Crippen molar-refractivity contribution < 1.29 is 19.1 Å². The lowest BCUT2D eigenvalue weighted by Crippen LogP contribution is -2.11. The summed E-state index contributed by atoms with van der Waals surface area (Å²) in [4.78, 5) is 27.1. The second-order valence-electron chi connectivity index (χ2n) is 16.0. The molecule has 5 heteroatoms. The normalized spacial score (nSPS) is 11.5. The highest BCUT2D eigenvalue weighted by Crippen LogP contribution is 2.43. The number of unbranched alkanes of at least 4 members (excludes halogenated alkanes) is 21. The van der Waals surface area contributed by atoms with E-state index in [1.54, 1.807) is 12.1 Å². The summed E-state index contributed by atoms with van der Waals surface area (Å²) in [5.41, 5.74) is 4.98. The average Bonchev–Trinajstić information content (AvgIpc) is 3.19. The summed E-state index contributed by atoms with van der Waals surface area (Å²) in [5, 5.41) is 11.9. The highest BCUT2D eigenvalue weighted by molar-refractivity contribution is 6.08. The molecular formula is C50H72O5. The van der Waals surface area contributed by atoms with Crippen LogP contribution in [-0.2, 0) is 17.6 Å². The van der Waals surface area contributed by atoms with Crippen molar-refractivity contribution in [2.45, 2.75) is 188 Å². The summed E-state index contributed by atoms with van der Waals surface area (Å²) in [5.74, 6) is 0.313. The van der Waals surface area contributed by atoms with Gasteiger partial charge in [0.25, 0.3) is 0 Å². The molecule has 0 radical (unpaired) electrons. The van der Waals surface area contributed by atoms with Crippen molar-refractivity contribution in [3.63, 3.8) is 0 Å². The minimum absolute atomic E-state index is 0.0405. The van der Waals surface area contributed by atoms with Gasteiger partial charge in [-0.3, -0.25) is 4.79 Å². The van der Waals surface area contributed by atoms with E-state index in [4.69, 9.17) is 9.15 Å². The number of carbonyl (C=O) groups is 1. The van der Waals surface area contributed by atoms with Gasteiger partial charge in [-0.05, 0) is 61.4 Å². The predicted octanol–water partition coefficient (Wildman–Crippen LogP) is 14.9. The minimum Gasteiger partial charge on any atom is -0.508 e. The van der Waals surface area contributed by atoms with Gasteiger partial charge in [0.2, 0.25) is 0 Å². The number of ether oxygens (including phenoxy) is 1. The molecule has 302 valence electrons. The number of fused-ring (bicyclic) bond motifs is 2. The maximum atomic E-state index is 13.8. The summed E-state index contributed by atoms with van der Waals surface area (Å²) in [6.45, 7) is 7.06.